The fraction of sp³-hybridized carbons (Fsp3) is 0.714. The van der Waals surface area contributed by atoms with Crippen LogP contribution in [0.4, 0.5) is 11.6 Å². The van der Waals surface area contributed by atoms with E-state index in [9.17, 15) is 0 Å². The first-order chi connectivity index (χ1) is 9.72. The van der Waals surface area contributed by atoms with Crippen LogP contribution in [0.25, 0.3) is 0 Å². The summed E-state index contributed by atoms with van der Waals surface area (Å²) in [6, 6.07) is 2.14. The van der Waals surface area contributed by atoms with Gasteiger partial charge in [0.1, 0.15) is 18.2 Å². The summed E-state index contributed by atoms with van der Waals surface area (Å²) in [6.07, 6.45) is 2.50. The second-order valence-corrected chi connectivity index (χ2v) is 4.93. The molecular weight excluding hydrogens is 256 g/mol. The largest absolute Gasteiger partial charge is 0.376 e. The molecule has 0 spiro atoms. The van der Waals surface area contributed by atoms with Crippen molar-refractivity contribution in [1.29, 1.82) is 0 Å². The van der Waals surface area contributed by atoms with Gasteiger partial charge in [-0.1, -0.05) is 0 Å². The van der Waals surface area contributed by atoms with Crippen molar-refractivity contribution in [3.63, 3.8) is 0 Å². The zero-order chi connectivity index (χ0) is 14.4. The molecule has 0 saturated carbocycles. The van der Waals surface area contributed by atoms with Crippen molar-refractivity contribution in [3.8, 4) is 0 Å². The first-order valence-corrected chi connectivity index (χ1v) is 7.24. The number of nitrogens with zero attached hydrogens (tertiary/aromatic N) is 2. The average Bonchev–Trinajstić information content (AvgIpc) is 2.99. The third-order valence-corrected chi connectivity index (χ3v) is 3.36. The summed E-state index contributed by atoms with van der Waals surface area (Å²) in [6.45, 7) is 6.02. The smallest absolute Gasteiger partial charge is 0.158 e. The van der Waals surface area contributed by atoms with Gasteiger partial charge < -0.3 is 20.1 Å². The van der Waals surface area contributed by atoms with Gasteiger partial charge in [-0.15, -0.1) is 0 Å². The van der Waals surface area contributed by atoms with Gasteiger partial charge in [0.15, 0.2) is 5.82 Å². The van der Waals surface area contributed by atoms with Crippen molar-refractivity contribution in [3.05, 3.63) is 11.9 Å². The van der Waals surface area contributed by atoms with E-state index in [1.807, 2.05) is 20.0 Å². The Labute approximate surface area is 120 Å². The second-order valence-electron chi connectivity index (χ2n) is 4.93. The third kappa shape index (κ3) is 4.05. The number of aromatic nitrogens is 2. The van der Waals surface area contributed by atoms with Crippen LogP contribution in [0.15, 0.2) is 6.07 Å². The van der Waals surface area contributed by atoms with Gasteiger partial charge in [-0.25, -0.2) is 9.97 Å². The molecule has 2 rings (SSSR count). The number of nitrogens with one attached hydrogen (secondary N) is 2. The van der Waals surface area contributed by atoms with Crippen molar-refractivity contribution in [2.75, 3.05) is 30.9 Å². The van der Waals surface area contributed by atoms with Gasteiger partial charge in [0.25, 0.3) is 0 Å². The molecule has 0 aliphatic carbocycles. The molecule has 20 heavy (non-hydrogen) atoms. The van der Waals surface area contributed by atoms with Gasteiger partial charge in [0, 0.05) is 26.3 Å². The van der Waals surface area contributed by atoms with Crippen molar-refractivity contribution in [2.24, 2.45) is 0 Å². The lowest BCUT2D eigenvalue weighted by molar-refractivity contribution is 0.0995. The van der Waals surface area contributed by atoms with Crippen LogP contribution in [0.5, 0.6) is 0 Å². The maximum absolute atomic E-state index is 5.69. The first-order valence-electron chi connectivity index (χ1n) is 7.24. The fourth-order valence-electron chi connectivity index (χ4n) is 2.28. The number of hydrogen-bond acceptors (Lipinski definition) is 6. The van der Waals surface area contributed by atoms with E-state index in [2.05, 4.69) is 27.5 Å². The molecular formula is C14H24N4O2. The minimum absolute atomic E-state index is 0.233. The summed E-state index contributed by atoms with van der Waals surface area (Å²) in [4.78, 5) is 8.86. The van der Waals surface area contributed by atoms with Crippen LogP contribution in [0.3, 0.4) is 0 Å². The number of anilines is 2. The van der Waals surface area contributed by atoms with Crippen LogP contribution in [0.2, 0.25) is 0 Å². The lowest BCUT2D eigenvalue weighted by Crippen LogP contribution is -2.30. The minimum atomic E-state index is 0.233. The van der Waals surface area contributed by atoms with Crippen molar-refractivity contribution >= 4 is 11.6 Å². The SMILES string of the molecule is CCOCc1nc(NC)cc(NC(C)C2CCCO2)n1. The fourth-order valence-corrected chi connectivity index (χ4v) is 2.28. The molecule has 0 aromatic carbocycles. The molecule has 0 radical (unpaired) electrons. The Morgan fingerprint density at radius 2 is 2.25 bits per heavy atom. The maximum Gasteiger partial charge on any atom is 0.158 e. The number of rotatable bonds is 7. The molecule has 1 aliphatic heterocycles. The lowest BCUT2D eigenvalue weighted by Gasteiger charge is -2.21. The predicted molar refractivity (Wildman–Crippen MR) is 79.0 cm³/mol. The Bertz CT molecular complexity index is 422. The van der Waals surface area contributed by atoms with Crippen molar-refractivity contribution in [2.45, 2.75) is 45.4 Å². The van der Waals surface area contributed by atoms with Crippen LogP contribution in [-0.4, -0.2) is 42.4 Å². The molecule has 2 N–H and O–H groups in total. The zero-order valence-corrected chi connectivity index (χ0v) is 12.5. The summed E-state index contributed by atoms with van der Waals surface area (Å²) in [7, 11) is 1.85. The normalized spacial score (nSPS) is 19.9. The highest BCUT2D eigenvalue weighted by Gasteiger charge is 2.22. The molecule has 1 aromatic rings. The summed E-state index contributed by atoms with van der Waals surface area (Å²) >= 11 is 0. The molecule has 1 fully saturated rings. The second kappa shape index (κ2) is 7.40. The third-order valence-electron chi connectivity index (χ3n) is 3.36. The van der Waals surface area contributed by atoms with E-state index in [4.69, 9.17) is 9.47 Å². The van der Waals surface area contributed by atoms with Crippen LogP contribution < -0.4 is 10.6 Å². The summed E-state index contributed by atoms with van der Waals surface area (Å²) < 4.78 is 11.1. The predicted octanol–water partition coefficient (Wildman–Crippen LogP) is 2.03. The average molecular weight is 280 g/mol. The lowest BCUT2D eigenvalue weighted by atomic mass is 10.1. The molecule has 1 saturated heterocycles. The molecule has 1 aromatic heterocycles. The molecule has 0 amide bonds. The molecule has 2 unspecified atom stereocenters. The molecule has 2 atom stereocenters. The quantitative estimate of drug-likeness (QED) is 0.796. The summed E-state index contributed by atoms with van der Waals surface area (Å²) in [5, 5.41) is 6.45. The highest BCUT2D eigenvalue weighted by molar-refractivity contribution is 5.47. The Morgan fingerprint density at radius 3 is 2.90 bits per heavy atom. The van der Waals surface area contributed by atoms with Crippen molar-refractivity contribution < 1.29 is 9.47 Å². The molecule has 6 nitrogen and oxygen atoms in total. The van der Waals surface area contributed by atoms with Gasteiger partial charge in [-0.2, -0.15) is 0 Å². The molecule has 6 heteroatoms. The van der Waals surface area contributed by atoms with Crippen molar-refractivity contribution in [1.82, 2.24) is 9.97 Å². The standard InChI is InChI=1S/C14H24N4O2/c1-4-19-9-14-17-12(15-3)8-13(18-14)16-10(2)11-6-5-7-20-11/h8,10-11H,4-7,9H2,1-3H3,(H2,15,16,17,18). The number of ether oxygens (including phenoxy) is 2. The van der Waals surface area contributed by atoms with Gasteiger partial charge in [0.05, 0.1) is 12.1 Å². The molecule has 112 valence electrons. The van der Waals surface area contributed by atoms with E-state index in [-0.39, 0.29) is 12.1 Å². The Hall–Kier alpha value is -1.40. The number of hydrogen-bond donors (Lipinski definition) is 2. The van der Waals surface area contributed by atoms with Gasteiger partial charge in [-0.05, 0) is 26.7 Å². The van der Waals surface area contributed by atoms with Gasteiger partial charge >= 0.3 is 0 Å². The Kier molecular flexibility index (Phi) is 5.55. The van der Waals surface area contributed by atoms with E-state index in [0.29, 0.717) is 19.0 Å². The van der Waals surface area contributed by atoms with E-state index in [1.165, 1.54) is 0 Å². The van der Waals surface area contributed by atoms with Gasteiger partial charge in [0.2, 0.25) is 0 Å². The zero-order valence-electron chi connectivity index (χ0n) is 12.5. The van der Waals surface area contributed by atoms with E-state index >= 15 is 0 Å². The van der Waals surface area contributed by atoms with Crippen LogP contribution >= 0.6 is 0 Å². The van der Waals surface area contributed by atoms with Crippen LogP contribution in [-0.2, 0) is 16.1 Å². The molecule has 0 bridgehead atoms. The minimum Gasteiger partial charge on any atom is -0.376 e. The van der Waals surface area contributed by atoms with E-state index in [0.717, 1.165) is 31.1 Å². The molecule has 2 heterocycles. The van der Waals surface area contributed by atoms with E-state index in [1.54, 1.807) is 0 Å². The highest BCUT2D eigenvalue weighted by atomic mass is 16.5. The van der Waals surface area contributed by atoms with E-state index < -0.39 is 0 Å². The van der Waals surface area contributed by atoms with Crippen LogP contribution in [0.1, 0.15) is 32.5 Å². The van der Waals surface area contributed by atoms with Crippen LogP contribution in [0, 0.1) is 0 Å². The monoisotopic (exact) mass is 280 g/mol. The Balaban J connectivity index is 2.04. The summed E-state index contributed by atoms with van der Waals surface area (Å²) in [5.74, 6) is 2.28. The topological polar surface area (TPSA) is 68.3 Å². The highest BCUT2D eigenvalue weighted by Crippen LogP contribution is 2.19. The molecule has 1 aliphatic rings. The maximum atomic E-state index is 5.69. The summed E-state index contributed by atoms with van der Waals surface area (Å²) in [5.41, 5.74) is 0. The Morgan fingerprint density at radius 1 is 1.45 bits per heavy atom. The first kappa shape index (κ1) is 15.0. The van der Waals surface area contributed by atoms with Gasteiger partial charge in [-0.3, -0.25) is 0 Å².